The molecule has 0 radical (unpaired) electrons. The number of imidazole rings is 1. The quantitative estimate of drug-likeness (QED) is 0.840. The van der Waals surface area contributed by atoms with Crippen molar-refractivity contribution in [3.63, 3.8) is 0 Å². The second-order valence-corrected chi connectivity index (χ2v) is 4.46. The van der Waals surface area contributed by atoms with Gasteiger partial charge in [-0.1, -0.05) is 6.92 Å². The molecule has 1 N–H and O–H groups in total. The molecule has 4 heteroatoms. The van der Waals surface area contributed by atoms with Gasteiger partial charge in [0.25, 0.3) is 0 Å². The van der Waals surface area contributed by atoms with Crippen molar-refractivity contribution in [1.82, 2.24) is 14.9 Å². The van der Waals surface area contributed by atoms with Crippen molar-refractivity contribution in [2.75, 3.05) is 13.2 Å². The van der Waals surface area contributed by atoms with Gasteiger partial charge in [-0.15, -0.1) is 0 Å². The summed E-state index contributed by atoms with van der Waals surface area (Å²) in [5.41, 5.74) is 0. The molecule has 1 fully saturated rings. The monoisotopic (exact) mass is 223 g/mol. The predicted octanol–water partition coefficient (Wildman–Crippen LogP) is 1.50. The molecule has 4 nitrogen and oxygen atoms in total. The molecule has 0 aliphatic carbocycles. The molecule has 0 aromatic carbocycles. The fourth-order valence-corrected chi connectivity index (χ4v) is 2.52. The van der Waals surface area contributed by atoms with Gasteiger partial charge < -0.3 is 14.6 Å². The lowest BCUT2D eigenvalue weighted by atomic mass is 9.92. The zero-order chi connectivity index (χ0) is 11.5. The first-order valence-corrected chi connectivity index (χ1v) is 6.06. The maximum atomic E-state index is 5.65. The van der Waals surface area contributed by atoms with Crippen LogP contribution < -0.4 is 5.32 Å². The smallest absolute Gasteiger partial charge is 0.125 e. The molecule has 1 aromatic heterocycles. The maximum absolute atomic E-state index is 5.65. The van der Waals surface area contributed by atoms with Crippen molar-refractivity contribution in [3.05, 3.63) is 18.2 Å². The Kier molecular flexibility index (Phi) is 3.61. The Balaban J connectivity index is 2.20. The van der Waals surface area contributed by atoms with E-state index in [2.05, 4.69) is 28.7 Å². The van der Waals surface area contributed by atoms with E-state index in [-0.39, 0.29) is 0 Å². The SMILES string of the molecule is CCNC(c1nccn1C)C1CCOC1C. The molecule has 2 rings (SSSR count). The topological polar surface area (TPSA) is 39.1 Å². The molecular weight excluding hydrogens is 202 g/mol. The molecule has 0 spiro atoms. The molecule has 1 aliphatic rings. The van der Waals surface area contributed by atoms with Crippen LogP contribution in [-0.2, 0) is 11.8 Å². The second kappa shape index (κ2) is 4.97. The fraction of sp³-hybridized carbons (Fsp3) is 0.750. The van der Waals surface area contributed by atoms with Crippen molar-refractivity contribution >= 4 is 0 Å². The molecule has 0 bridgehead atoms. The number of aryl methyl sites for hydroxylation is 1. The minimum atomic E-state index is 0.308. The van der Waals surface area contributed by atoms with Crippen molar-refractivity contribution < 1.29 is 4.74 Å². The first kappa shape index (κ1) is 11.6. The summed E-state index contributed by atoms with van der Waals surface area (Å²) in [5.74, 6) is 1.64. The molecule has 1 aliphatic heterocycles. The van der Waals surface area contributed by atoms with E-state index in [1.54, 1.807) is 0 Å². The third-order valence-corrected chi connectivity index (χ3v) is 3.42. The molecule has 3 unspecified atom stereocenters. The van der Waals surface area contributed by atoms with E-state index < -0.39 is 0 Å². The van der Waals surface area contributed by atoms with Crippen LogP contribution >= 0.6 is 0 Å². The number of nitrogens with zero attached hydrogens (tertiary/aromatic N) is 2. The van der Waals surface area contributed by atoms with E-state index in [9.17, 15) is 0 Å². The Hall–Kier alpha value is -0.870. The number of hydrogen-bond acceptors (Lipinski definition) is 3. The van der Waals surface area contributed by atoms with Crippen LogP contribution in [0.4, 0.5) is 0 Å². The first-order chi connectivity index (χ1) is 7.74. The van der Waals surface area contributed by atoms with Gasteiger partial charge in [0.15, 0.2) is 0 Å². The standard InChI is InChI=1S/C12H21N3O/c1-4-13-11(10-5-8-16-9(10)2)12-14-6-7-15(12)3/h6-7,9-11,13H,4-5,8H2,1-3H3. The van der Waals surface area contributed by atoms with Crippen LogP contribution in [0.15, 0.2) is 12.4 Å². The molecule has 0 amide bonds. The highest BCUT2D eigenvalue weighted by atomic mass is 16.5. The molecule has 1 saturated heterocycles. The average Bonchev–Trinajstić information content (AvgIpc) is 2.84. The molecule has 2 heterocycles. The molecule has 1 aromatic rings. The molecule has 3 atom stereocenters. The normalized spacial score (nSPS) is 27.2. The van der Waals surface area contributed by atoms with E-state index >= 15 is 0 Å². The van der Waals surface area contributed by atoms with Crippen LogP contribution in [0.5, 0.6) is 0 Å². The Morgan fingerprint density at radius 1 is 1.69 bits per heavy atom. The minimum absolute atomic E-state index is 0.308. The summed E-state index contributed by atoms with van der Waals surface area (Å²) in [7, 11) is 2.05. The summed E-state index contributed by atoms with van der Waals surface area (Å²) in [5, 5.41) is 3.53. The van der Waals surface area contributed by atoms with Crippen molar-refractivity contribution in [2.24, 2.45) is 13.0 Å². The van der Waals surface area contributed by atoms with Crippen molar-refractivity contribution in [3.8, 4) is 0 Å². The zero-order valence-electron chi connectivity index (χ0n) is 10.3. The lowest BCUT2D eigenvalue weighted by Crippen LogP contribution is -2.33. The van der Waals surface area contributed by atoms with Gasteiger partial charge in [-0.05, 0) is 19.9 Å². The number of nitrogens with one attached hydrogen (secondary N) is 1. The van der Waals surface area contributed by atoms with E-state index in [4.69, 9.17) is 4.74 Å². The van der Waals surface area contributed by atoms with Gasteiger partial charge >= 0.3 is 0 Å². The van der Waals surface area contributed by atoms with E-state index in [0.29, 0.717) is 18.1 Å². The number of ether oxygens (including phenoxy) is 1. The van der Waals surface area contributed by atoms with Crippen molar-refractivity contribution in [1.29, 1.82) is 0 Å². The number of hydrogen-bond donors (Lipinski definition) is 1. The van der Waals surface area contributed by atoms with Crippen LogP contribution in [0.3, 0.4) is 0 Å². The summed E-state index contributed by atoms with van der Waals surface area (Å²) in [6.45, 7) is 6.13. The van der Waals surface area contributed by atoms with E-state index in [1.165, 1.54) is 0 Å². The third kappa shape index (κ3) is 2.13. The molecule has 0 saturated carbocycles. The molecular formula is C12H21N3O. The highest BCUT2D eigenvalue weighted by molar-refractivity contribution is 5.03. The van der Waals surface area contributed by atoms with Gasteiger partial charge in [-0.3, -0.25) is 0 Å². The highest BCUT2D eigenvalue weighted by Gasteiger charge is 2.34. The van der Waals surface area contributed by atoms with Crippen molar-refractivity contribution in [2.45, 2.75) is 32.4 Å². The average molecular weight is 223 g/mol. The van der Waals surface area contributed by atoms with Gasteiger partial charge in [0.1, 0.15) is 5.82 Å². The number of aromatic nitrogens is 2. The van der Waals surface area contributed by atoms with Crippen LogP contribution in [0.25, 0.3) is 0 Å². The summed E-state index contributed by atoms with van der Waals surface area (Å²) in [4.78, 5) is 4.46. The van der Waals surface area contributed by atoms with Gasteiger partial charge in [-0.25, -0.2) is 4.98 Å². The molecule has 16 heavy (non-hydrogen) atoms. The minimum Gasteiger partial charge on any atom is -0.378 e. The third-order valence-electron chi connectivity index (χ3n) is 3.42. The summed E-state index contributed by atoms with van der Waals surface area (Å²) in [6, 6.07) is 0.308. The van der Waals surface area contributed by atoms with Crippen LogP contribution in [0.2, 0.25) is 0 Å². The summed E-state index contributed by atoms with van der Waals surface area (Å²) < 4.78 is 7.75. The van der Waals surface area contributed by atoms with Crippen LogP contribution in [0, 0.1) is 5.92 Å². The predicted molar refractivity (Wildman–Crippen MR) is 63.1 cm³/mol. The Morgan fingerprint density at radius 3 is 3.00 bits per heavy atom. The van der Waals surface area contributed by atoms with Gasteiger partial charge in [0.2, 0.25) is 0 Å². The Labute approximate surface area is 97.0 Å². The number of rotatable bonds is 4. The van der Waals surface area contributed by atoms with Crippen LogP contribution in [-0.4, -0.2) is 28.8 Å². The zero-order valence-corrected chi connectivity index (χ0v) is 10.3. The van der Waals surface area contributed by atoms with E-state index in [1.807, 2.05) is 19.4 Å². The highest BCUT2D eigenvalue weighted by Crippen LogP contribution is 2.32. The summed E-state index contributed by atoms with van der Waals surface area (Å²) >= 11 is 0. The van der Waals surface area contributed by atoms with Gasteiger partial charge in [-0.2, -0.15) is 0 Å². The second-order valence-electron chi connectivity index (χ2n) is 4.46. The van der Waals surface area contributed by atoms with Gasteiger partial charge in [0, 0.05) is 32.0 Å². The molecule has 90 valence electrons. The lowest BCUT2D eigenvalue weighted by molar-refractivity contribution is 0.0942. The fourth-order valence-electron chi connectivity index (χ4n) is 2.52. The van der Waals surface area contributed by atoms with Gasteiger partial charge in [0.05, 0.1) is 12.1 Å². The Morgan fingerprint density at radius 2 is 2.50 bits per heavy atom. The Bertz CT molecular complexity index is 337. The lowest BCUT2D eigenvalue weighted by Gasteiger charge is -2.26. The summed E-state index contributed by atoms with van der Waals surface area (Å²) in [6.07, 6.45) is 5.30. The largest absolute Gasteiger partial charge is 0.378 e. The maximum Gasteiger partial charge on any atom is 0.125 e. The van der Waals surface area contributed by atoms with E-state index in [0.717, 1.165) is 25.4 Å². The van der Waals surface area contributed by atoms with Crippen LogP contribution in [0.1, 0.15) is 32.1 Å². The first-order valence-electron chi connectivity index (χ1n) is 6.06.